The highest BCUT2D eigenvalue weighted by Crippen LogP contribution is 2.06. The van der Waals surface area contributed by atoms with E-state index in [1.807, 2.05) is 0 Å². The Hall–Kier alpha value is 0.0700. The molecule has 8 heteroatoms. The van der Waals surface area contributed by atoms with Crippen LogP contribution in [0.3, 0.4) is 0 Å². The fraction of sp³-hybridized carbons (Fsp3) is 0.857. The first kappa shape index (κ1) is 17.5. The first-order valence-corrected chi connectivity index (χ1v) is 5.46. The third kappa shape index (κ3) is 9.03. The molecule has 1 N–H and O–H groups in total. The minimum absolute atomic E-state index is 0. The number of halogens is 1. The molecule has 1 atom stereocenters. The lowest BCUT2D eigenvalue weighted by atomic mass is 10.5. The van der Waals surface area contributed by atoms with Gasteiger partial charge in [0.05, 0.1) is 21.1 Å². The largest absolute Gasteiger partial charge is 1.00 e. The topological polar surface area (TPSA) is 80.7 Å². The smallest absolute Gasteiger partial charge is 0.309 e. The van der Waals surface area contributed by atoms with Gasteiger partial charge in [-0.25, -0.2) is 0 Å². The lowest BCUT2D eigenvalue weighted by Crippen LogP contribution is -3.00. The minimum Gasteiger partial charge on any atom is -1.00 e. The van der Waals surface area contributed by atoms with Crippen LogP contribution in [0.15, 0.2) is 0 Å². The van der Waals surface area contributed by atoms with Crippen molar-refractivity contribution in [2.45, 2.75) is 12.4 Å². The number of quaternary nitrogens is 1. The normalized spacial score (nSPS) is 13.9. The SMILES string of the molecule is CC(=O)OC(C[N+](C)(C)C)S(=O)(=O)O.[I-]. The molecule has 1 unspecified atom stereocenters. The number of carbonyl (C=O) groups excluding carboxylic acids is 1. The molecule has 0 amide bonds. The summed E-state index contributed by atoms with van der Waals surface area (Å²) in [5, 5.41) is 0. The van der Waals surface area contributed by atoms with Gasteiger partial charge in [-0.2, -0.15) is 8.42 Å². The predicted octanol–water partition coefficient (Wildman–Crippen LogP) is -3.53. The molecule has 0 fully saturated rings. The van der Waals surface area contributed by atoms with Crippen molar-refractivity contribution in [3.05, 3.63) is 0 Å². The van der Waals surface area contributed by atoms with Crippen molar-refractivity contribution in [1.82, 2.24) is 0 Å². The molecule has 6 nitrogen and oxygen atoms in total. The Morgan fingerprint density at radius 2 is 1.80 bits per heavy atom. The third-order valence-corrected chi connectivity index (χ3v) is 2.24. The zero-order valence-corrected chi connectivity index (χ0v) is 12.1. The minimum atomic E-state index is -4.35. The molecular weight excluding hydrogens is 337 g/mol. The van der Waals surface area contributed by atoms with Crippen LogP contribution >= 0.6 is 0 Å². The summed E-state index contributed by atoms with van der Waals surface area (Å²) in [7, 11) is 0.820. The second-order valence-corrected chi connectivity index (χ2v) is 5.58. The molecule has 0 heterocycles. The van der Waals surface area contributed by atoms with Gasteiger partial charge in [0.25, 0.3) is 5.44 Å². The maximum Gasteiger partial charge on any atom is 0.309 e. The van der Waals surface area contributed by atoms with Gasteiger partial charge in [0.1, 0.15) is 6.54 Å². The van der Waals surface area contributed by atoms with Crippen LogP contribution in [-0.4, -0.2) is 56.5 Å². The molecule has 0 aromatic carbocycles. The lowest BCUT2D eigenvalue weighted by molar-refractivity contribution is -0.871. The number of hydrogen-bond acceptors (Lipinski definition) is 4. The van der Waals surface area contributed by atoms with Gasteiger partial charge in [-0.1, -0.05) is 0 Å². The lowest BCUT2D eigenvalue weighted by Gasteiger charge is -2.27. The predicted molar refractivity (Wildman–Crippen MR) is 50.0 cm³/mol. The van der Waals surface area contributed by atoms with Crippen LogP contribution in [0.1, 0.15) is 6.92 Å². The maximum atomic E-state index is 10.8. The molecule has 0 bridgehead atoms. The molecule has 0 aliphatic carbocycles. The Bertz CT molecular complexity index is 308. The van der Waals surface area contributed by atoms with Crippen LogP contribution in [-0.2, 0) is 19.6 Å². The summed E-state index contributed by atoms with van der Waals surface area (Å²) in [4.78, 5) is 10.6. The summed E-state index contributed by atoms with van der Waals surface area (Å²) in [5.74, 6) is -0.735. The molecular formula is C7H16INO5S. The number of rotatable bonds is 4. The Morgan fingerprint density at radius 1 is 1.40 bits per heavy atom. The molecule has 15 heavy (non-hydrogen) atoms. The van der Waals surface area contributed by atoms with E-state index in [-0.39, 0.29) is 35.0 Å². The number of ether oxygens (including phenoxy) is 1. The van der Waals surface area contributed by atoms with E-state index in [1.54, 1.807) is 21.1 Å². The maximum absolute atomic E-state index is 10.8. The summed E-state index contributed by atoms with van der Waals surface area (Å²) >= 11 is 0. The van der Waals surface area contributed by atoms with Gasteiger partial charge in [0.15, 0.2) is 0 Å². The van der Waals surface area contributed by atoms with E-state index in [9.17, 15) is 13.2 Å². The monoisotopic (exact) mass is 353 g/mol. The Labute approximate surface area is 107 Å². The van der Waals surface area contributed by atoms with E-state index in [1.165, 1.54) is 0 Å². The zero-order valence-electron chi connectivity index (χ0n) is 9.10. The van der Waals surface area contributed by atoms with E-state index in [0.29, 0.717) is 0 Å². The fourth-order valence-corrected chi connectivity index (χ4v) is 1.72. The third-order valence-electron chi connectivity index (χ3n) is 1.33. The molecule has 92 valence electrons. The number of likely N-dealkylation sites (N-methyl/N-ethyl adjacent to an activating group) is 1. The fourth-order valence-electron chi connectivity index (χ4n) is 0.825. The van der Waals surface area contributed by atoms with E-state index < -0.39 is 21.5 Å². The van der Waals surface area contributed by atoms with Crippen LogP contribution in [0, 0.1) is 0 Å². The summed E-state index contributed by atoms with van der Waals surface area (Å²) in [6.45, 7) is 1.09. The first-order chi connectivity index (χ1) is 6.02. The van der Waals surface area contributed by atoms with E-state index in [4.69, 9.17) is 4.55 Å². The molecule has 0 saturated carbocycles. The van der Waals surface area contributed by atoms with Crippen LogP contribution < -0.4 is 24.0 Å². The summed E-state index contributed by atoms with van der Waals surface area (Å²) < 4.78 is 35.2. The molecule has 0 aliphatic heterocycles. The molecule has 0 aromatic heterocycles. The highest BCUT2D eigenvalue weighted by atomic mass is 127. The standard InChI is InChI=1S/C7H15NO5S.HI/c1-6(9)13-7(14(10,11)12)5-8(2,3)4;/h7H,5H2,1-4H3;1H. The van der Waals surface area contributed by atoms with Gasteiger partial charge in [0.2, 0.25) is 0 Å². The number of hydrogen-bond donors (Lipinski definition) is 1. The van der Waals surface area contributed by atoms with Crippen molar-refractivity contribution in [3.8, 4) is 0 Å². The number of esters is 1. The average Bonchev–Trinajstić information content (AvgIpc) is 1.78. The molecule has 0 saturated heterocycles. The van der Waals surface area contributed by atoms with E-state index in [2.05, 4.69) is 4.74 Å². The number of carbonyl (C=O) groups is 1. The van der Waals surface area contributed by atoms with Crippen molar-refractivity contribution in [2.75, 3.05) is 27.7 Å². The van der Waals surface area contributed by atoms with E-state index in [0.717, 1.165) is 6.92 Å². The number of nitrogens with zero attached hydrogens (tertiary/aromatic N) is 1. The van der Waals surface area contributed by atoms with E-state index >= 15 is 0 Å². The van der Waals surface area contributed by atoms with Gasteiger partial charge in [-0.05, 0) is 0 Å². The summed E-state index contributed by atoms with van der Waals surface area (Å²) in [5.41, 5.74) is -1.50. The highest BCUT2D eigenvalue weighted by molar-refractivity contribution is 7.86. The summed E-state index contributed by atoms with van der Waals surface area (Å²) in [6.07, 6.45) is 0. The van der Waals surface area contributed by atoms with Crippen molar-refractivity contribution in [1.29, 1.82) is 0 Å². The molecule has 0 aromatic rings. The van der Waals surface area contributed by atoms with Crippen molar-refractivity contribution in [3.63, 3.8) is 0 Å². The van der Waals surface area contributed by atoms with Gasteiger partial charge in [-0.3, -0.25) is 9.35 Å². The first-order valence-electron chi connectivity index (χ1n) is 3.96. The van der Waals surface area contributed by atoms with Gasteiger partial charge in [0, 0.05) is 6.92 Å². The van der Waals surface area contributed by atoms with Crippen LogP contribution in [0.25, 0.3) is 0 Å². The highest BCUT2D eigenvalue weighted by Gasteiger charge is 2.31. The molecule has 0 aliphatic rings. The van der Waals surface area contributed by atoms with Crippen LogP contribution in [0.2, 0.25) is 0 Å². The quantitative estimate of drug-likeness (QED) is 0.245. The Balaban J connectivity index is 0. The van der Waals surface area contributed by atoms with Crippen molar-refractivity contribution < 1.29 is 51.0 Å². The van der Waals surface area contributed by atoms with Gasteiger partial charge < -0.3 is 33.2 Å². The Kier molecular flexibility index (Phi) is 6.95. The average molecular weight is 353 g/mol. The second kappa shape index (κ2) is 5.97. The molecule has 0 spiro atoms. The van der Waals surface area contributed by atoms with Crippen molar-refractivity contribution >= 4 is 16.1 Å². The van der Waals surface area contributed by atoms with Gasteiger partial charge in [-0.15, -0.1) is 0 Å². The van der Waals surface area contributed by atoms with Crippen molar-refractivity contribution in [2.24, 2.45) is 0 Å². The molecule has 0 rings (SSSR count). The Morgan fingerprint density at radius 3 is 2.00 bits per heavy atom. The zero-order chi connectivity index (χ0) is 11.6. The van der Waals surface area contributed by atoms with Gasteiger partial charge >= 0.3 is 16.1 Å². The molecule has 0 radical (unpaired) electrons. The summed E-state index contributed by atoms with van der Waals surface area (Å²) in [6, 6.07) is 0. The van der Waals surface area contributed by atoms with Crippen LogP contribution in [0.4, 0.5) is 0 Å². The second-order valence-electron chi connectivity index (χ2n) is 4.03. The van der Waals surface area contributed by atoms with Crippen LogP contribution in [0.5, 0.6) is 0 Å².